The molecule has 104 valence electrons. The molecule has 0 aliphatic rings. The topological polar surface area (TPSA) is 81.4 Å². The molecule has 0 atom stereocenters. The number of hydrogen-bond acceptors (Lipinski definition) is 4. The summed E-state index contributed by atoms with van der Waals surface area (Å²) in [7, 11) is 0. The monoisotopic (exact) mass is 402 g/mol. The van der Waals surface area contributed by atoms with Crippen LogP contribution in [-0.2, 0) is 4.79 Å². The Morgan fingerprint density at radius 2 is 2.00 bits per heavy atom. The van der Waals surface area contributed by atoms with Crippen molar-refractivity contribution in [1.82, 2.24) is 0 Å². The zero-order valence-electron chi connectivity index (χ0n) is 10.3. The molecular formula is C13H11IN2O3S. The maximum Gasteiger partial charge on any atom is 0.256 e. The minimum atomic E-state index is -0.533. The van der Waals surface area contributed by atoms with E-state index in [2.05, 4.69) is 27.9 Å². The van der Waals surface area contributed by atoms with Crippen molar-refractivity contribution in [3.8, 4) is 5.75 Å². The van der Waals surface area contributed by atoms with E-state index >= 15 is 0 Å². The summed E-state index contributed by atoms with van der Waals surface area (Å²) in [5.41, 5.74) is 6.27. The van der Waals surface area contributed by atoms with Crippen molar-refractivity contribution in [3.63, 3.8) is 0 Å². The van der Waals surface area contributed by atoms with Crippen molar-refractivity contribution in [1.29, 1.82) is 0 Å². The highest BCUT2D eigenvalue weighted by atomic mass is 127. The first-order valence-corrected chi connectivity index (χ1v) is 7.57. The van der Waals surface area contributed by atoms with Gasteiger partial charge in [0.15, 0.2) is 6.61 Å². The van der Waals surface area contributed by atoms with Crippen LogP contribution in [0.1, 0.15) is 10.4 Å². The van der Waals surface area contributed by atoms with Gasteiger partial charge in [-0.1, -0.05) is 0 Å². The van der Waals surface area contributed by atoms with Gasteiger partial charge in [-0.15, -0.1) is 11.3 Å². The zero-order chi connectivity index (χ0) is 14.5. The van der Waals surface area contributed by atoms with Gasteiger partial charge in [0.1, 0.15) is 5.75 Å². The average Bonchev–Trinajstić information content (AvgIpc) is 2.85. The number of amides is 2. The summed E-state index contributed by atoms with van der Waals surface area (Å²) in [5, 5.41) is 4.59. The second-order valence-electron chi connectivity index (χ2n) is 3.87. The Labute approximate surface area is 133 Å². The molecule has 0 saturated heterocycles. The number of carbonyl (C=O) groups excluding carboxylic acids is 2. The lowest BCUT2D eigenvalue weighted by Gasteiger charge is -2.06. The molecule has 0 bridgehead atoms. The number of nitrogens with one attached hydrogen (secondary N) is 1. The third kappa shape index (κ3) is 4.20. The number of rotatable bonds is 5. The van der Waals surface area contributed by atoms with Gasteiger partial charge in [-0.25, -0.2) is 0 Å². The van der Waals surface area contributed by atoms with Crippen molar-refractivity contribution in [3.05, 3.63) is 44.2 Å². The summed E-state index contributed by atoms with van der Waals surface area (Å²) in [6.07, 6.45) is 0. The standard InChI is InChI=1S/C13H11IN2O3S/c14-11-5-8(7-20-11)13(18)16-9-1-3-10(4-2-9)19-6-12(15)17/h1-5,7H,6H2,(H2,15,17)(H,16,18). The molecule has 5 nitrogen and oxygen atoms in total. The third-order valence-corrected chi connectivity index (χ3v) is 4.11. The molecule has 0 radical (unpaired) electrons. The highest BCUT2D eigenvalue weighted by Crippen LogP contribution is 2.19. The Balaban J connectivity index is 1.96. The maximum atomic E-state index is 11.9. The molecule has 0 aliphatic carbocycles. The number of benzene rings is 1. The smallest absolute Gasteiger partial charge is 0.256 e. The lowest BCUT2D eigenvalue weighted by molar-refractivity contribution is -0.119. The summed E-state index contributed by atoms with van der Waals surface area (Å²) in [6, 6.07) is 8.55. The largest absolute Gasteiger partial charge is 0.484 e. The molecule has 1 aromatic carbocycles. The number of ether oxygens (including phenoxy) is 1. The fourth-order valence-electron chi connectivity index (χ4n) is 1.42. The Hall–Kier alpha value is -1.61. The van der Waals surface area contributed by atoms with Gasteiger partial charge in [-0.3, -0.25) is 9.59 Å². The second-order valence-corrected chi connectivity index (χ2v) is 6.68. The van der Waals surface area contributed by atoms with Crippen LogP contribution >= 0.6 is 33.9 Å². The minimum Gasteiger partial charge on any atom is -0.484 e. The van der Waals surface area contributed by atoms with Crippen LogP contribution in [0.4, 0.5) is 5.69 Å². The number of carbonyl (C=O) groups is 2. The molecule has 0 aliphatic heterocycles. The Bertz CT molecular complexity index is 625. The number of hydrogen-bond donors (Lipinski definition) is 2. The molecule has 0 fully saturated rings. The Morgan fingerprint density at radius 3 is 2.55 bits per heavy atom. The predicted octanol–water partition coefficient (Wildman–Crippen LogP) is 2.47. The highest BCUT2D eigenvalue weighted by Gasteiger charge is 2.08. The summed E-state index contributed by atoms with van der Waals surface area (Å²) in [4.78, 5) is 22.5. The molecule has 7 heteroatoms. The summed E-state index contributed by atoms with van der Waals surface area (Å²) >= 11 is 3.69. The number of primary amides is 1. The quantitative estimate of drug-likeness (QED) is 0.755. The van der Waals surface area contributed by atoms with Crippen LogP contribution in [0.15, 0.2) is 35.7 Å². The van der Waals surface area contributed by atoms with Gasteiger partial charge in [0, 0.05) is 11.1 Å². The molecule has 0 saturated carbocycles. The predicted molar refractivity (Wildman–Crippen MR) is 86.1 cm³/mol. The van der Waals surface area contributed by atoms with Gasteiger partial charge in [0.2, 0.25) is 0 Å². The molecule has 3 N–H and O–H groups in total. The van der Waals surface area contributed by atoms with Gasteiger partial charge in [0.05, 0.1) is 8.45 Å². The number of nitrogens with two attached hydrogens (primary N) is 1. The van der Waals surface area contributed by atoms with Gasteiger partial charge < -0.3 is 15.8 Å². The van der Waals surface area contributed by atoms with E-state index in [1.54, 1.807) is 29.6 Å². The molecule has 0 spiro atoms. The van der Waals surface area contributed by atoms with Crippen LogP contribution in [0.3, 0.4) is 0 Å². The van der Waals surface area contributed by atoms with Gasteiger partial charge in [-0.2, -0.15) is 0 Å². The minimum absolute atomic E-state index is 0.157. The lowest BCUT2D eigenvalue weighted by atomic mass is 10.2. The van der Waals surface area contributed by atoms with Crippen LogP contribution in [0.2, 0.25) is 0 Å². The molecule has 1 aromatic heterocycles. The van der Waals surface area contributed by atoms with Crippen molar-refractivity contribution < 1.29 is 14.3 Å². The van der Waals surface area contributed by atoms with Crippen molar-refractivity contribution in [2.24, 2.45) is 5.73 Å². The van der Waals surface area contributed by atoms with E-state index in [0.29, 0.717) is 17.0 Å². The van der Waals surface area contributed by atoms with Gasteiger partial charge in [0.25, 0.3) is 11.8 Å². The van der Waals surface area contributed by atoms with E-state index in [4.69, 9.17) is 10.5 Å². The van der Waals surface area contributed by atoms with E-state index in [9.17, 15) is 9.59 Å². The van der Waals surface area contributed by atoms with Crippen molar-refractivity contribution in [2.45, 2.75) is 0 Å². The first-order chi connectivity index (χ1) is 9.54. The van der Waals surface area contributed by atoms with E-state index in [1.807, 2.05) is 6.07 Å². The first kappa shape index (κ1) is 14.8. The number of thiophene rings is 1. The Morgan fingerprint density at radius 1 is 1.30 bits per heavy atom. The third-order valence-electron chi connectivity index (χ3n) is 2.32. The Kier molecular flexibility index (Phi) is 4.96. The fraction of sp³-hybridized carbons (Fsp3) is 0.0769. The normalized spacial score (nSPS) is 10.1. The summed E-state index contributed by atoms with van der Waals surface area (Å²) in [5.74, 6) is -0.170. The molecule has 20 heavy (non-hydrogen) atoms. The maximum absolute atomic E-state index is 11.9. The van der Waals surface area contributed by atoms with Crippen LogP contribution in [-0.4, -0.2) is 18.4 Å². The summed E-state index contributed by atoms with van der Waals surface area (Å²) < 4.78 is 6.19. The van der Waals surface area contributed by atoms with Crippen LogP contribution < -0.4 is 15.8 Å². The van der Waals surface area contributed by atoms with E-state index in [1.165, 1.54) is 11.3 Å². The lowest BCUT2D eigenvalue weighted by Crippen LogP contribution is -2.20. The van der Waals surface area contributed by atoms with E-state index < -0.39 is 5.91 Å². The van der Waals surface area contributed by atoms with Gasteiger partial charge >= 0.3 is 0 Å². The molecule has 2 aromatic rings. The van der Waals surface area contributed by atoms with Crippen LogP contribution in [0, 0.1) is 2.88 Å². The molecule has 0 unspecified atom stereocenters. The van der Waals surface area contributed by atoms with Crippen LogP contribution in [0.5, 0.6) is 5.75 Å². The number of halogens is 1. The van der Waals surface area contributed by atoms with Crippen molar-refractivity contribution in [2.75, 3.05) is 11.9 Å². The SMILES string of the molecule is NC(=O)COc1ccc(NC(=O)c2csc(I)c2)cc1. The summed E-state index contributed by atoms with van der Waals surface area (Å²) in [6.45, 7) is -0.168. The highest BCUT2D eigenvalue weighted by molar-refractivity contribution is 14.1. The van der Waals surface area contributed by atoms with Crippen molar-refractivity contribution >= 4 is 51.4 Å². The zero-order valence-corrected chi connectivity index (χ0v) is 13.2. The molecule has 1 heterocycles. The van der Waals surface area contributed by atoms with E-state index in [-0.39, 0.29) is 12.5 Å². The molecular weight excluding hydrogens is 391 g/mol. The average molecular weight is 402 g/mol. The fourth-order valence-corrected chi connectivity index (χ4v) is 2.75. The first-order valence-electron chi connectivity index (χ1n) is 5.61. The van der Waals surface area contributed by atoms with Gasteiger partial charge in [-0.05, 0) is 52.9 Å². The molecule has 2 amide bonds. The second kappa shape index (κ2) is 6.71. The van der Waals surface area contributed by atoms with Crippen LogP contribution in [0.25, 0.3) is 0 Å². The number of anilines is 1. The molecule has 2 rings (SSSR count). The van der Waals surface area contributed by atoms with E-state index in [0.717, 1.165) is 2.88 Å².